The molecule has 0 aliphatic rings. The summed E-state index contributed by atoms with van der Waals surface area (Å²) in [7, 11) is 1.63. The zero-order chi connectivity index (χ0) is 12.6. The number of methoxy groups -OCH3 is 1. The quantitative estimate of drug-likeness (QED) is 0.535. The van der Waals surface area contributed by atoms with Gasteiger partial charge < -0.3 is 15.2 Å². The summed E-state index contributed by atoms with van der Waals surface area (Å²) in [5.74, 6) is -0.305. The highest BCUT2D eigenvalue weighted by Gasteiger charge is 2.16. The van der Waals surface area contributed by atoms with E-state index in [1.807, 2.05) is 0 Å². The zero-order valence-electron chi connectivity index (χ0n) is 10.9. The first-order chi connectivity index (χ1) is 7.37. The topological polar surface area (TPSA) is 61.5 Å². The molecule has 0 spiro atoms. The number of nitrogens with two attached hydrogens (primary N) is 1. The van der Waals surface area contributed by atoms with Crippen LogP contribution < -0.4 is 5.73 Å². The van der Waals surface area contributed by atoms with E-state index in [9.17, 15) is 4.79 Å². The minimum atomic E-state index is -0.518. The summed E-state index contributed by atoms with van der Waals surface area (Å²) in [5, 5.41) is 0. The predicted molar refractivity (Wildman–Crippen MR) is 64.1 cm³/mol. The van der Waals surface area contributed by atoms with E-state index < -0.39 is 6.04 Å². The van der Waals surface area contributed by atoms with Crippen molar-refractivity contribution in [2.24, 2.45) is 11.1 Å². The van der Waals surface area contributed by atoms with Crippen molar-refractivity contribution in [2.75, 3.05) is 20.3 Å². The lowest BCUT2D eigenvalue weighted by atomic mass is 9.93. The second-order valence-corrected chi connectivity index (χ2v) is 5.22. The van der Waals surface area contributed by atoms with Gasteiger partial charge in [0.05, 0.1) is 6.61 Å². The Hall–Kier alpha value is -0.610. The van der Waals surface area contributed by atoms with E-state index in [4.69, 9.17) is 15.2 Å². The number of ether oxygens (including phenoxy) is 2. The molecule has 0 aromatic carbocycles. The smallest absolute Gasteiger partial charge is 0.322 e. The molecule has 0 bridgehead atoms. The van der Waals surface area contributed by atoms with Gasteiger partial charge in [0.15, 0.2) is 0 Å². The Morgan fingerprint density at radius 1 is 1.31 bits per heavy atom. The molecule has 0 amide bonds. The fraction of sp³-hybridized carbons (Fsp3) is 0.917. The van der Waals surface area contributed by atoms with Crippen LogP contribution in [0.5, 0.6) is 0 Å². The second kappa shape index (κ2) is 7.63. The van der Waals surface area contributed by atoms with Crippen LogP contribution in [0.25, 0.3) is 0 Å². The summed E-state index contributed by atoms with van der Waals surface area (Å²) in [6.45, 7) is 7.40. The lowest BCUT2D eigenvalue weighted by molar-refractivity contribution is -0.146. The Labute approximate surface area is 98.5 Å². The molecule has 4 nitrogen and oxygen atoms in total. The van der Waals surface area contributed by atoms with E-state index in [1.165, 1.54) is 0 Å². The molecule has 0 rings (SSSR count). The van der Waals surface area contributed by atoms with Crippen molar-refractivity contribution >= 4 is 5.97 Å². The van der Waals surface area contributed by atoms with Crippen molar-refractivity contribution in [3.8, 4) is 0 Å². The van der Waals surface area contributed by atoms with E-state index in [0.717, 1.165) is 12.8 Å². The molecular weight excluding hydrogens is 206 g/mol. The van der Waals surface area contributed by atoms with Crippen LogP contribution >= 0.6 is 0 Å². The Morgan fingerprint density at radius 3 is 2.44 bits per heavy atom. The summed E-state index contributed by atoms with van der Waals surface area (Å²) < 4.78 is 10.00. The number of carbonyl (C=O) groups is 1. The minimum Gasteiger partial charge on any atom is -0.465 e. The number of hydrogen-bond donors (Lipinski definition) is 1. The molecule has 0 saturated heterocycles. The molecule has 0 saturated carbocycles. The maximum Gasteiger partial charge on any atom is 0.322 e. The molecule has 0 aliphatic heterocycles. The summed E-state index contributed by atoms with van der Waals surface area (Å²) in [4.78, 5) is 11.4. The van der Waals surface area contributed by atoms with Gasteiger partial charge in [-0.1, -0.05) is 20.8 Å². The summed E-state index contributed by atoms with van der Waals surface area (Å²) in [6.07, 6.45) is 2.25. The van der Waals surface area contributed by atoms with Gasteiger partial charge in [-0.25, -0.2) is 0 Å². The molecule has 1 atom stereocenters. The maximum atomic E-state index is 11.4. The van der Waals surface area contributed by atoms with E-state index in [2.05, 4.69) is 20.8 Å². The molecular formula is C12H25NO3. The minimum absolute atomic E-state index is 0.181. The first-order valence-corrected chi connectivity index (χ1v) is 5.78. The number of hydrogen-bond acceptors (Lipinski definition) is 4. The molecule has 4 heteroatoms. The molecule has 0 aromatic heterocycles. The van der Waals surface area contributed by atoms with Crippen molar-refractivity contribution in [1.29, 1.82) is 0 Å². The van der Waals surface area contributed by atoms with Crippen molar-refractivity contribution in [3.05, 3.63) is 0 Å². The molecule has 1 unspecified atom stereocenters. The predicted octanol–water partition coefficient (Wildman–Crippen LogP) is 1.72. The van der Waals surface area contributed by atoms with Gasteiger partial charge in [-0.05, 0) is 24.7 Å². The standard InChI is InChI=1S/C12H25NO3/c1-12(2,3)7-9-16-11(14)10(13)6-5-8-15-4/h10H,5-9,13H2,1-4H3. The fourth-order valence-corrected chi connectivity index (χ4v) is 1.13. The average Bonchev–Trinajstić information content (AvgIpc) is 2.15. The van der Waals surface area contributed by atoms with Crippen LogP contribution in [0, 0.1) is 5.41 Å². The normalized spacial score (nSPS) is 13.6. The van der Waals surface area contributed by atoms with Crippen LogP contribution in [0.15, 0.2) is 0 Å². The summed E-state index contributed by atoms with van der Waals surface area (Å²) >= 11 is 0. The highest BCUT2D eigenvalue weighted by molar-refractivity contribution is 5.75. The zero-order valence-corrected chi connectivity index (χ0v) is 10.9. The van der Waals surface area contributed by atoms with Crippen LogP contribution in [-0.4, -0.2) is 32.3 Å². The first-order valence-electron chi connectivity index (χ1n) is 5.78. The van der Waals surface area contributed by atoms with E-state index in [-0.39, 0.29) is 11.4 Å². The molecule has 2 N–H and O–H groups in total. The lowest BCUT2D eigenvalue weighted by Crippen LogP contribution is -2.33. The highest BCUT2D eigenvalue weighted by atomic mass is 16.5. The SMILES string of the molecule is COCCCC(N)C(=O)OCCC(C)(C)C. The summed E-state index contributed by atoms with van der Waals surface area (Å²) in [6, 6.07) is -0.518. The average molecular weight is 231 g/mol. The fourth-order valence-electron chi connectivity index (χ4n) is 1.13. The van der Waals surface area contributed by atoms with Gasteiger partial charge in [0.25, 0.3) is 0 Å². The van der Waals surface area contributed by atoms with Gasteiger partial charge >= 0.3 is 5.97 Å². The monoisotopic (exact) mass is 231 g/mol. The number of rotatable bonds is 7. The van der Waals surface area contributed by atoms with E-state index in [0.29, 0.717) is 19.6 Å². The van der Waals surface area contributed by atoms with Crippen molar-refractivity contribution in [2.45, 2.75) is 46.1 Å². The van der Waals surface area contributed by atoms with Crippen LogP contribution in [0.4, 0.5) is 0 Å². The van der Waals surface area contributed by atoms with E-state index in [1.54, 1.807) is 7.11 Å². The van der Waals surface area contributed by atoms with Gasteiger partial charge in [-0.15, -0.1) is 0 Å². The summed E-state index contributed by atoms with van der Waals surface area (Å²) in [5.41, 5.74) is 5.86. The van der Waals surface area contributed by atoms with Gasteiger partial charge in [0.1, 0.15) is 6.04 Å². The van der Waals surface area contributed by atoms with Gasteiger partial charge in [0, 0.05) is 13.7 Å². The van der Waals surface area contributed by atoms with Crippen molar-refractivity contribution in [3.63, 3.8) is 0 Å². The third-order valence-corrected chi connectivity index (χ3v) is 2.26. The molecule has 0 radical (unpaired) electrons. The first kappa shape index (κ1) is 15.4. The molecule has 0 aromatic rings. The third kappa shape index (κ3) is 8.68. The van der Waals surface area contributed by atoms with Gasteiger partial charge in [0.2, 0.25) is 0 Å². The van der Waals surface area contributed by atoms with Crippen molar-refractivity contribution < 1.29 is 14.3 Å². The van der Waals surface area contributed by atoms with Crippen LogP contribution in [0.1, 0.15) is 40.0 Å². The highest BCUT2D eigenvalue weighted by Crippen LogP contribution is 2.18. The molecule has 0 heterocycles. The number of esters is 1. The number of carbonyl (C=O) groups excluding carboxylic acids is 1. The second-order valence-electron chi connectivity index (χ2n) is 5.22. The molecule has 0 aliphatic carbocycles. The Kier molecular flexibility index (Phi) is 7.34. The van der Waals surface area contributed by atoms with Crippen molar-refractivity contribution in [1.82, 2.24) is 0 Å². The van der Waals surface area contributed by atoms with Gasteiger partial charge in [-0.2, -0.15) is 0 Å². The van der Waals surface area contributed by atoms with Crippen LogP contribution in [0.3, 0.4) is 0 Å². The molecule has 16 heavy (non-hydrogen) atoms. The third-order valence-electron chi connectivity index (χ3n) is 2.26. The van der Waals surface area contributed by atoms with Crippen LogP contribution in [0.2, 0.25) is 0 Å². The molecule has 96 valence electrons. The largest absolute Gasteiger partial charge is 0.465 e. The Balaban J connectivity index is 3.63. The molecule has 0 fully saturated rings. The Bertz CT molecular complexity index is 199. The lowest BCUT2D eigenvalue weighted by Gasteiger charge is -2.18. The Morgan fingerprint density at radius 2 is 1.94 bits per heavy atom. The van der Waals surface area contributed by atoms with E-state index >= 15 is 0 Å². The van der Waals surface area contributed by atoms with Gasteiger partial charge in [-0.3, -0.25) is 4.79 Å². The maximum absolute atomic E-state index is 11.4. The van der Waals surface area contributed by atoms with Crippen LogP contribution in [-0.2, 0) is 14.3 Å².